The predicted octanol–water partition coefficient (Wildman–Crippen LogP) is 2.05. The van der Waals surface area contributed by atoms with E-state index >= 15 is 0 Å². The van der Waals surface area contributed by atoms with Gasteiger partial charge >= 0.3 is 0 Å². The first-order valence-electron chi connectivity index (χ1n) is 8.66. The van der Waals surface area contributed by atoms with E-state index in [0.717, 1.165) is 5.56 Å². The molecule has 2 aromatic carbocycles. The van der Waals surface area contributed by atoms with Crippen LogP contribution in [0.4, 0.5) is 0 Å². The number of amides is 1. The second kappa shape index (κ2) is 8.61. The van der Waals surface area contributed by atoms with Crippen LogP contribution >= 0.6 is 12.2 Å². The largest absolute Gasteiger partial charge is 0.508 e. The zero-order valence-electron chi connectivity index (χ0n) is 15.8. The van der Waals surface area contributed by atoms with E-state index in [0.29, 0.717) is 27.7 Å². The number of nitrogens with one attached hydrogen (secondary N) is 3. The first-order chi connectivity index (χ1) is 13.9. The summed E-state index contributed by atoms with van der Waals surface area (Å²) in [6, 6.07) is 10.9. The average Bonchev–Trinajstić information content (AvgIpc) is 2.69. The molecule has 0 saturated heterocycles. The molecule has 0 spiro atoms. The van der Waals surface area contributed by atoms with Crippen LogP contribution in [0.1, 0.15) is 24.1 Å². The van der Waals surface area contributed by atoms with Crippen LogP contribution in [0.3, 0.4) is 0 Å². The van der Waals surface area contributed by atoms with Crippen molar-refractivity contribution < 1.29 is 19.7 Å². The molecular formula is C20H20N4O4S. The van der Waals surface area contributed by atoms with E-state index in [4.69, 9.17) is 17.0 Å². The monoisotopic (exact) mass is 412 g/mol. The van der Waals surface area contributed by atoms with E-state index < -0.39 is 11.9 Å². The minimum Gasteiger partial charge on any atom is -0.508 e. The van der Waals surface area contributed by atoms with E-state index in [2.05, 4.69) is 21.2 Å². The van der Waals surface area contributed by atoms with Crippen LogP contribution in [0.15, 0.2) is 58.8 Å². The van der Waals surface area contributed by atoms with E-state index in [1.165, 1.54) is 24.4 Å². The fraction of sp³-hybridized carbons (Fsp3) is 0.150. The van der Waals surface area contributed by atoms with Gasteiger partial charge < -0.3 is 25.6 Å². The highest BCUT2D eigenvalue weighted by Gasteiger charge is 2.29. The number of nitrogens with zero attached hydrogens (tertiary/aromatic N) is 1. The van der Waals surface area contributed by atoms with E-state index in [1.807, 2.05) is 12.1 Å². The molecule has 150 valence electrons. The molecular weight excluding hydrogens is 392 g/mol. The highest BCUT2D eigenvalue weighted by molar-refractivity contribution is 7.80. The summed E-state index contributed by atoms with van der Waals surface area (Å²) in [4.78, 5) is 12.8. The summed E-state index contributed by atoms with van der Waals surface area (Å²) in [5.41, 5.74) is 4.68. The number of carbonyl (C=O) groups is 1. The Bertz CT molecular complexity index is 1000. The normalized spacial score (nSPS) is 16.3. The molecule has 0 fully saturated rings. The van der Waals surface area contributed by atoms with Crippen LogP contribution in [0, 0.1) is 0 Å². The van der Waals surface area contributed by atoms with Crippen molar-refractivity contribution in [2.24, 2.45) is 5.10 Å². The third-order valence-corrected chi connectivity index (χ3v) is 4.57. The van der Waals surface area contributed by atoms with E-state index in [1.54, 1.807) is 26.2 Å². The number of phenols is 2. The summed E-state index contributed by atoms with van der Waals surface area (Å²) in [6.07, 6.45) is 1.29. The number of hydrogen-bond donors (Lipinski definition) is 5. The summed E-state index contributed by atoms with van der Waals surface area (Å²) in [6.45, 7) is 1.76. The van der Waals surface area contributed by atoms with Gasteiger partial charge in [-0.1, -0.05) is 12.1 Å². The lowest BCUT2D eigenvalue weighted by Gasteiger charge is -2.30. The molecule has 3 rings (SSSR count). The van der Waals surface area contributed by atoms with Gasteiger partial charge in [0.1, 0.15) is 17.2 Å². The van der Waals surface area contributed by atoms with Crippen molar-refractivity contribution in [1.82, 2.24) is 16.1 Å². The van der Waals surface area contributed by atoms with Crippen molar-refractivity contribution in [3.8, 4) is 17.2 Å². The molecule has 5 N–H and O–H groups in total. The number of hydrazone groups is 1. The lowest BCUT2D eigenvalue weighted by atomic mass is 9.95. The van der Waals surface area contributed by atoms with Gasteiger partial charge in [-0.05, 0) is 49.0 Å². The second-order valence-corrected chi connectivity index (χ2v) is 6.69. The van der Waals surface area contributed by atoms with Gasteiger partial charge in [0.25, 0.3) is 5.91 Å². The molecule has 1 atom stereocenters. The third kappa shape index (κ3) is 4.64. The molecule has 1 heterocycles. The minimum atomic E-state index is -0.466. The van der Waals surface area contributed by atoms with Crippen LogP contribution in [0.2, 0.25) is 0 Å². The fourth-order valence-corrected chi connectivity index (χ4v) is 3.17. The Morgan fingerprint density at radius 3 is 2.62 bits per heavy atom. The number of carbonyl (C=O) groups excluding carboxylic acids is 1. The summed E-state index contributed by atoms with van der Waals surface area (Å²) < 4.78 is 5.18. The Kier molecular flexibility index (Phi) is 5.99. The Morgan fingerprint density at radius 1 is 1.24 bits per heavy atom. The summed E-state index contributed by atoms with van der Waals surface area (Å²) >= 11 is 5.23. The molecule has 0 radical (unpaired) electrons. The van der Waals surface area contributed by atoms with E-state index in [9.17, 15) is 15.0 Å². The minimum absolute atomic E-state index is 0.0675. The quantitative estimate of drug-likeness (QED) is 0.290. The predicted molar refractivity (Wildman–Crippen MR) is 113 cm³/mol. The zero-order valence-corrected chi connectivity index (χ0v) is 16.6. The Balaban J connectivity index is 1.82. The smallest absolute Gasteiger partial charge is 0.271 e. The molecule has 9 heteroatoms. The molecule has 1 unspecified atom stereocenters. The SMILES string of the molecule is COc1ccc(C2NC(=S)NC(C)=C2C(=O)N/N=C/c2ccc(O)cc2O)cc1. The lowest BCUT2D eigenvalue weighted by Crippen LogP contribution is -2.46. The Hall–Kier alpha value is -3.59. The van der Waals surface area contributed by atoms with Crippen molar-refractivity contribution in [2.75, 3.05) is 7.11 Å². The number of ether oxygens (including phenoxy) is 1. The summed E-state index contributed by atoms with van der Waals surface area (Å²) in [5.74, 6) is 0.0542. The Labute approximate surface area is 172 Å². The number of thiocarbonyl (C=S) groups is 1. The maximum Gasteiger partial charge on any atom is 0.271 e. The number of aromatic hydroxyl groups is 2. The zero-order chi connectivity index (χ0) is 21.0. The van der Waals surface area contributed by atoms with Gasteiger partial charge in [-0.25, -0.2) is 5.43 Å². The van der Waals surface area contributed by atoms with Crippen molar-refractivity contribution in [2.45, 2.75) is 13.0 Å². The molecule has 2 aromatic rings. The fourth-order valence-electron chi connectivity index (χ4n) is 2.90. The van der Waals surface area contributed by atoms with Crippen molar-refractivity contribution in [1.29, 1.82) is 0 Å². The molecule has 0 aliphatic carbocycles. The van der Waals surface area contributed by atoms with Crippen LogP contribution in [0.25, 0.3) is 0 Å². The lowest BCUT2D eigenvalue weighted by molar-refractivity contribution is -0.117. The summed E-state index contributed by atoms with van der Waals surface area (Å²) in [7, 11) is 1.58. The highest BCUT2D eigenvalue weighted by Crippen LogP contribution is 2.28. The number of phenolic OH excluding ortho intramolecular Hbond substituents is 2. The van der Waals surface area contributed by atoms with Crippen LogP contribution in [0.5, 0.6) is 17.2 Å². The Morgan fingerprint density at radius 2 is 1.97 bits per heavy atom. The molecule has 1 aliphatic heterocycles. The van der Waals surface area contributed by atoms with E-state index in [-0.39, 0.29) is 11.5 Å². The standard InChI is InChI=1S/C20H20N4O4S/c1-11-17(19(27)24-21-10-13-3-6-14(25)9-16(13)26)18(23-20(29)22-11)12-4-7-15(28-2)8-5-12/h3-10,18,25-26H,1-2H3,(H,24,27)(H2,22,23,29)/b21-10+. The van der Waals surface area contributed by atoms with Gasteiger partial charge in [-0.3, -0.25) is 4.79 Å². The number of hydrogen-bond acceptors (Lipinski definition) is 6. The number of methoxy groups -OCH3 is 1. The number of rotatable bonds is 5. The van der Waals surface area contributed by atoms with Crippen molar-refractivity contribution in [3.63, 3.8) is 0 Å². The van der Waals surface area contributed by atoms with Gasteiger partial charge in [0.05, 0.1) is 24.9 Å². The summed E-state index contributed by atoms with van der Waals surface area (Å²) in [5, 5.41) is 29.5. The third-order valence-electron chi connectivity index (χ3n) is 4.35. The van der Waals surface area contributed by atoms with Crippen LogP contribution < -0.4 is 20.8 Å². The molecule has 1 amide bonds. The van der Waals surface area contributed by atoms with Crippen LogP contribution in [-0.4, -0.2) is 34.6 Å². The molecule has 0 saturated carbocycles. The van der Waals surface area contributed by atoms with Gasteiger partial charge in [-0.2, -0.15) is 5.10 Å². The van der Waals surface area contributed by atoms with Gasteiger partial charge in [-0.15, -0.1) is 0 Å². The van der Waals surface area contributed by atoms with Crippen molar-refractivity contribution >= 4 is 29.5 Å². The molecule has 0 aromatic heterocycles. The number of allylic oxidation sites excluding steroid dienone is 1. The first kappa shape index (κ1) is 20.2. The molecule has 8 nitrogen and oxygen atoms in total. The van der Waals surface area contributed by atoms with Crippen LogP contribution in [-0.2, 0) is 4.79 Å². The van der Waals surface area contributed by atoms with Crippen molar-refractivity contribution in [3.05, 3.63) is 64.9 Å². The average molecular weight is 412 g/mol. The topological polar surface area (TPSA) is 115 Å². The maximum atomic E-state index is 12.8. The molecule has 29 heavy (non-hydrogen) atoms. The first-order valence-corrected chi connectivity index (χ1v) is 9.07. The highest BCUT2D eigenvalue weighted by atomic mass is 32.1. The second-order valence-electron chi connectivity index (χ2n) is 6.29. The van der Waals surface area contributed by atoms with Gasteiger partial charge in [0.15, 0.2) is 5.11 Å². The van der Waals surface area contributed by atoms with Gasteiger partial charge in [0, 0.05) is 17.3 Å². The molecule has 0 bridgehead atoms. The van der Waals surface area contributed by atoms with Gasteiger partial charge in [0.2, 0.25) is 0 Å². The number of benzene rings is 2. The maximum absolute atomic E-state index is 12.8. The molecule has 1 aliphatic rings.